The fraction of sp³-hybridized carbons (Fsp3) is 0.400. The molecule has 22 heavy (non-hydrogen) atoms. The van der Waals surface area contributed by atoms with E-state index in [2.05, 4.69) is 10.3 Å². The molecule has 0 radical (unpaired) electrons. The number of amides is 1. The number of esters is 1. The van der Waals surface area contributed by atoms with Gasteiger partial charge in [0.1, 0.15) is 11.3 Å². The maximum atomic E-state index is 11.7. The van der Waals surface area contributed by atoms with Gasteiger partial charge in [-0.1, -0.05) is 23.9 Å². The van der Waals surface area contributed by atoms with Crippen LogP contribution in [0.15, 0.2) is 33.9 Å². The van der Waals surface area contributed by atoms with E-state index < -0.39 is 12.1 Å². The number of nitrogens with one attached hydrogen (secondary N) is 1. The lowest BCUT2D eigenvalue weighted by molar-refractivity contribution is -0.152. The Morgan fingerprint density at radius 3 is 2.73 bits per heavy atom. The number of benzene rings is 1. The van der Waals surface area contributed by atoms with Crippen molar-refractivity contribution in [2.24, 2.45) is 0 Å². The van der Waals surface area contributed by atoms with Crippen molar-refractivity contribution in [2.75, 3.05) is 5.75 Å². The van der Waals surface area contributed by atoms with Gasteiger partial charge in [-0.3, -0.25) is 9.59 Å². The van der Waals surface area contributed by atoms with Crippen LogP contribution in [0.3, 0.4) is 0 Å². The maximum Gasteiger partial charge on any atom is 0.317 e. The van der Waals surface area contributed by atoms with E-state index in [4.69, 9.17) is 9.15 Å². The summed E-state index contributed by atoms with van der Waals surface area (Å²) in [5, 5.41) is 3.09. The second-order valence-electron chi connectivity index (χ2n) is 5.03. The molecule has 1 atom stereocenters. The third kappa shape index (κ3) is 4.49. The Balaban J connectivity index is 1.83. The molecule has 2 aromatic rings. The number of hydrogen-bond acceptors (Lipinski definition) is 6. The van der Waals surface area contributed by atoms with Crippen LogP contribution in [0.25, 0.3) is 11.1 Å². The van der Waals surface area contributed by atoms with Gasteiger partial charge in [0.05, 0.1) is 0 Å². The van der Waals surface area contributed by atoms with Crippen LogP contribution >= 0.6 is 11.8 Å². The number of para-hydroxylation sites is 2. The lowest BCUT2D eigenvalue weighted by Crippen LogP contribution is -2.39. The van der Waals surface area contributed by atoms with Gasteiger partial charge in [0.2, 0.25) is 0 Å². The molecule has 1 N–H and O–H groups in total. The van der Waals surface area contributed by atoms with Crippen molar-refractivity contribution < 1.29 is 18.7 Å². The first-order chi connectivity index (χ1) is 10.5. The summed E-state index contributed by atoms with van der Waals surface area (Å²) in [6.45, 7) is 5.23. The van der Waals surface area contributed by atoms with Gasteiger partial charge in [0, 0.05) is 6.04 Å². The Morgan fingerprint density at radius 1 is 1.32 bits per heavy atom. The zero-order chi connectivity index (χ0) is 16.1. The first-order valence-corrected chi connectivity index (χ1v) is 7.92. The minimum Gasteiger partial charge on any atom is -0.452 e. The molecule has 0 unspecified atom stereocenters. The first-order valence-electron chi connectivity index (χ1n) is 6.94. The van der Waals surface area contributed by atoms with E-state index in [0.717, 1.165) is 17.3 Å². The quantitative estimate of drug-likeness (QED) is 0.649. The zero-order valence-corrected chi connectivity index (χ0v) is 13.5. The van der Waals surface area contributed by atoms with Gasteiger partial charge in [-0.2, -0.15) is 0 Å². The van der Waals surface area contributed by atoms with Crippen molar-refractivity contribution in [3.05, 3.63) is 24.3 Å². The van der Waals surface area contributed by atoms with Gasteiger partial charge < -0.3 is 14.5 Å². The summed E-state index contributed by atoms with van der Waals surface area (Å²) in [4.78, 5) is 27.6. The number of nitrogens with zero attached hydrogens (tertiary/aromatic N) is 1. The van der Waals surface area contributed by atoms with Crippen LogP contribution in [0.4, 0.5) is 0 Å². The number of ether oxygens (including phenoxy) is 1. The van der Waals surface area contributed by atoms with Gasteiger partial charge in [0.25, 0.3) is 11.1 Å². The topological polar surface area (TPSA) is 81.4 Å². The van der Waals surface area contributed by atoms with E-state index in [1.54, 1.807) is 6.92 Å². The van der Waals surface area contributed by atoms with E-state index in [1.807, 2.05) is 38.1 Å². The summed E-state index contributed by atoms with van der Waals surface area (Å²) >= 11 is 1.14. The van der Waals surface area contributed by atoms with Crippen molar-refractivity contribution in [3.8, 4) is 0 Å². The standard InChI is InChI=1S/C15H18N2O4S/c1-9(2)16-14(19)10(3)20-13(18)8-22-15-17-11-6-4-5-7-12(11)21-15/h4-7,9-10H,8H2,1-3H3,(H,16,19)/t10-/m0/s1. The molecule has 0 aliphatic heterocycles. The van der Waals surface area contributed by atoms with Crippen LogP contribution in [0.5, 0.6) is 0 Å². The van der Waals surface area contributed by atoms with E-state index in [0.29, 0.717) is 10.8 Å². The number of carbonyl (C=O) groups is 2. The highest BCUT2D eigenvalue weighted by Crippen LogP contribution is 2.23. The Hall–Kier alpha value is -2.02. The Morgan fingerprint density at radius 2 is 2.05 bits per heavy atom. The van der Waals surface area contributed by atoms with Gasteiger partial charge in [0.15, 0.2) is 11.7 Å². The monoisotopic (exact) mass is 322 g/mol. The van der Waals surface area contributed by atoms with Crippen LogP contribution in [0.2, 0.25) is 0 Å². The van der Waals surface area contributed by atoms with Gasteiger partial charge >= 0.3 is 5.97 Å². The second-order valence-corrected chi connectivity index (χ2v) is 5.96. The van der Waals surface area contributed by atoms with Crippen LogP contribution in [-0.4, -0.2) is 34.8 Å². The zero-order valence-electron chi connectivity index (χ0n) is 12.7. The van der Waals surface area contributed by atoms with Gasteiger partial charge in [-0.15, -0.1) is 0 Å². The largest absolute Gasteiger partial charge is 0.452 e. The number of oxazole rings is 1. The number of fused-ring (bicyclic) bond motifs is 1. The van der Waals surface area contributed by atoms with Crippen molar-refractivity contribution >= 4 is 34.7 Å². The molecule has 0 saturated carbocycles. The van der Waals surface area contributed by atoms with Crippen LogP contribution in [0, 0.1) is 0 Å². The summed E-state index contributed by atoms with van der Waals surface area (Å²) in [5.41, 5.74) is 1.41. The summed E-state index contributed by atoms with van der Waals surface area (Å²) in [6, 6.07) is 7.36. The normalized spacial score (nSPS) is 12.4. The molecule has 1 heterocycles. The third-order valence-electron chi connectivity index (χ3n) is 2.70. The Labute approximate surface area is 132 Å². The molecule has 1 aromatic heterocycles. The van der Waals surface area contributed by atoms with Crippen LogP contribution < -0.4 is 5.32 Å². The smallest absolute Gasteiger partial charge is 0.317 e. The molecule has 0 spiro atoms. The number of aromatic nitrogens is 1. The average Bonchev–Trinajstić information content (AvgIpc) is 2.87. The van der Waals surface area contributed by atoms with E-state index in [1.165, 1.54) is 0 Å². The highest BCUT2D eigenvalue weighted by Gasteiger charge is 2.19. The lowest BCUT2D eigenvalue weighted by Gasteiger charge is -2.14. The molecule has 0 saturated heterocycles. The Bertz CT molecular complexity index is 635. The summed E-state index contributed by atoms with van der Waals surface area (Å²) < 4.78 is 10.6. The molecule has 0 bridgehead atoms. The summed E-state index contributed by atoms with van der Waals surface area (Å²) in [6.07, 6.45) is -0.820. The molecule has 118 valence electrons. The van der Waals surface area contributed by atoms with Crippen molar-refractivity contribution in [1.82, 2.24) is 10.3 Å². The van der Waals surface area contributed by atoms with E-state index >= 15 is 0 Å². The molecule has 1 amide bonds. The molecule has 7 heteroatoms. The predicted molar refractivity (Wildman–Crippen MR) is 83.6 cm³/mol. The number of rotatable bonds is 6. The third-order valence-corrected chi connectivity index (χ3v) is 3.50. The number of hydrogen-bond donors (Lipinski definition) is 1. The fourth-order valence-electron chi connectivity index (χ4n) is 1.72. The van der Waals surface area contributed by atoms with Gasteiger partial charge in [-0.25, -0.2) is 4.98 Å². The van der Waals surface area contributed by atoms with Crippen LogP contribution in [-0.2, 0) is 14.3 Å². The molecule has 1 aromatic carbocycles. The molecule has 6 nitrogen and oxygen atoms in total. The van der Waals surface area contributed by atoms with Crippen molar-refractivity contribution in [1.29, 1.82) is 0 Å². The van der Waals surface area contributed by atoms with E-state index in [-0.39, 0.29) is 17.7 Å². The molecular weight excluding hydrogens is 304 g/mol. The molecule has 2 rings (SSSR count). The number of thioether (sulfide) groups is 1. The second kappa shape index (κ2) is 7.31. The maximum absolute atomic E-state index is 11.7. The SMILES string of the molecule is CC(C)NC(=O)[C@H](C)OC(=O)CSc1nc2ccccc2o1. The lowest BCUT2D eigenvalue weighted by atomic mass is 10.3. The van der Waals surface area contributed by atoms with Gasteiger partial charge in [-0.05, 0) is 32.9 Å². The summed E-state index contributed by atoms with van der Waals surface area (Å²) in [5.74, 6) is -0.763. The van der Waals surface area contributed by atoms with Crippen molar-refractivity contribution in [2.45, 2.75) is 38.1 Å². The fourth-order valence-corrected chi connectivity index (χ4v) is 2.34. The molecule has 0 fully saturated rings. The average molecular weight is 322 g/mol. The minimum atomic E-state index is -0.820. The minimum absolute atomic E-state index is 0.00257. The molecule has 0 aliphatic rings. The highest BCUT2D eigenvalue weighted by atomic mass is 32.2. The highest BCUT2D eigenvalue weighted by molar-refractivity contribution is 7.99. The Kier molecular flexibility index (Phi) is 5.43. The molecule has 0 aliphatic carbocycles. The first kappa shape index (κ1) is 16.4. The summed E-state index contributed by atoms with van der Waals surface area (Å²) in [7, 11) is 0. The van der Waals surface area contributed by atoms with Crippen molar-refractivity contribution in [3.63, 3.8) is 0 Å². The predicted octanol–water partition coefficient (Wildman–Crippen LogP) is 2.38. The molecular formula is C15H18N2O4S. The number of carbonyl (C=O) groups excluding carboxylic acids is 2. The van der Waals surface area contributed by atoms with E-state index in [9.17, 15) is 9.59 Å². The van der Waals surface area contributed by atoms with Crippen LogP contribution in [0.1, 0.15) is 20.8 Å².